The Hall–Kier alpha value is -3.54. The van der Waals surface area contributed by atoms with E-state index in [1.807, 2.05) is 68.8 Å². The molecule has 0 radical (unpaired) electrons. The van der Waals surface area contributed by atoms with Crippen molar-refractivity contribution in [3.63, 3.8) is 0 Å². The van der Waals surface area contributed by atoms with E-state index in [0.717, 1.165) is 33.7 Å². The lowest BCUT2D eigenvalue weighted by Crippen LogP contribution is -2.23. The third kappa shape index (κ3) is 4.19. The zero-order chi connectivity index (χ0) is 22.0. The van der Waals surface area contributed by atoms with Crippen LogP contribution in [0, 0.1) is 20.8 Å². The molecule has 0 saturated carbocycles. The number of carbonyl (C=O) groups is 1. The van der Waals surface area contributed by atoms with Crippen molar-refractivity contribution in [2.45, 2.75) is 40.8 Å². The fourth-order valence-electron chi connectivity index (χ4n) is 3.82. The molecular formula is C25H27N3O3. The van der Waals surface area contributed by atoms with Crippen LogP contribution in [0.1, 0.15) is 45.6 Å². The number of benzene rings is 2. The Labute approximate surface area is 181 Å². The van der Waals surface area contributed by atoms with Gasteiger partial charge in [0.25, 0.3) is 5.91 Å². The predicted molar refractivity (Wildman–Crippen MR) is 121 cm³/mol. The smallest absolute Gasteiger partial charge is 0.287 e. The van der Waals surface area contributed by atoms with Crippen molar-refractivity contribution in [1.29, 1.82) is 0 Å². The van der Waals surface area contributed by atoms with E-state index in [2.05, 4.69) is 22.5 Å². The van der Waals surface area contributed by atoms with Crippen molar-refractivity contribution in [3.8, 4) is 5.75 Å². The summed E-state index contributed by atoms with van der Waals surface area (Å²) in [5.41, 5.74) is 5.65. The van der Waals surface area contributed by atoms with Gasteiger partial charge < -0.3 is 14.5 Å². The minimum Gasteiger partial charge on any atom is -0.494 e. The summed E-state index contributed by atoms with van der Waals surface area (Å²) in [6.45, 7) is 9.52. The number of hydrogen-bond donors (Lipinski definition) is 1. The molecule has 4 rings (SSSR count). The van der Waals surface area contributed by atoms with Crippen LogP contribution in [0.5, 0.6) is 5.75 Å². The molecule has 0 bridgehead atoms. The van der Waals surface area contributed by atoms with E-state index in [9.17, 15) is 4.79 Å². The van der Waals surface area contributed by atoms with Crippen LogP contribution in [0.25, 0.3) is 11.0 Å². The fraction of sp³-hybridized carbons (Fsp3) is 0.280. The Morgan fingerprint density at radius 2 is 1.90 bits per heavy atom. The second-order valence-electron chi connectivity index (χ2n) is 7.62. The molecule has 1 N–H and O–H groups in total. The van der Waals surface area contributed by atoms with Crippen LogP contribution in [0.4, 0.5) is 0 Å². The number of amides is 1. The summed E-state index contributed by atoms with van der Waals surface area (Å²) >= 11 is 0. The summed E-state index contributed by atoms with van der Waals surface area (Å²) in [7, 11) is 0. The molecule has 0 aliphatic heterocycles. The highest BCUT2D eigenvalue weighted by atomic mass is 16.5. The molecule has 1 amide bonds. The monoisotopic (exact) mass is 417 g/mol. The SMILES string of the molecule is CCOc1ccc2oc(C(=O)NCc3c(C)nn(Cc4ccccc4)c3C)c(C)c2c1. The Balaban J connectivity index is 1.51. The van der Waals surface area contributed by atoms with Crippen molar-refractivity contribution in [2.24, 2.45) is 0 Å². The van der Waals surface area contributed by atoms with E-state index in [-0.39, 0.29) is 5.91 Å². The Kier molecular flexibility index (Phi) is 5.80. The van der Waals surface area contributed by atoms with E-state index in [1.54, 1.807) is 0 Å². The number of nitrogens with zero attached hydrogens (tertiary/aromatic N) is 2. The molecule has 2 heterocycles. The maximum atomic E-state index is 12.9. The second-order valence-corrected chi connectivity index (χ2v) is 7.62. The zero-order valence-electron chi connectivity index (χ0n) is 18.4. The second kappa shape index (κ2) is 8.68. The van der Waals surface area contributed by atoms with Gasteiger partial charge in [0.1, 0.15) is 11.3 Å². The average molecular weight is 418 g/mol. The first kappa shape index (κ1) is 20.7. The molecule has 31 heavy (non-hydrogen) atoms. The largest absolute Gasteiger partial charge is 0.494 e. The van der Waals surface area contributed by atoms with Gasteiger partial charge in [-0.2, -0.15) is 5.10 Å². The molecule has 0 saturated heterocycles. The minimum absolute atomic E-state index is 0.235. The number of nitrogens with one attached hydrogen (secondary N) is 1. The number of furan rings is 1. The number of hydrogen-bond acceptors (Lipinski definition) is 4. The third-order valence-electron chi connectivity index (χ3n) is 5.56. The molecule has 0 fully saturated rings. The average Bonchev–Trinajstić information content (AvgIpc) is 3.23. The molecule has 2 aromatic heterocycles. The molecule has 0 aliphatic rings. The highest BCUT2D eigenvalue weighted by Crippen LogP contribution is 2.29. The van der Waals surface area contributed by atoms with Gasteiger partial charge in [-0.1, -0.05) is 30.3 Å². The Morgan fingerprint density at radius 1 is 1.13 bits per heavy atom. The fourth-order valence-corrected chi connectivity index (χ4v) is 3.82. The molecule has 0 spiro atoms. The lowest BCUT2D eigenvalue weighted by atomic mass is 10.1. The van der Waals surface area contributed by atoms with E-state index >= 15 is 0 Å². The van der Waals surface area contributed by atoms with Gasteiger partial charge in [-0.3, -0.25) is 9.48 Å². The first-order valence-electron chi connectivity index (χ1n) is 10.5. The molecule has 2 aromatic carbocycles. The molecule has 0 atom stereocenters. The van der Waals surface area contributed by atoms with Gasteiger partial charge in [-0.25, -0.2) is 0 Å². The van der Waals surface area contributed by atoms with Crippen molar-refractivity contribution >= 4 is 16.9 Å². The van der Waals surface area contributed by atoms with Gasteiger partial charge in [-0.05, 0) is 51.5 Å². The van der Waals surface area contributed by atoms with Crippen molar-refractivity contribution in [3.05, 3.63) is 82.4 Å². The summed E-state index contributed by atoms with van der Waals surface area (Å²) in [5, 5.41) is 8.55. The topological polar surface area (TPSA) is 69.3 Å². The lowest BCUT2D eigenvalue weighted by Gasteiger charge is -2.07. The van der Waals surface area contributed by atoms with E-state index in [4.69, 9.17) is 9.15 Å². The van der Waals surface area contributed by atoms with Crippen molar-refractivity contribution < 1.29 is 13.9 Å². The number of aryl methyl sites for hydroxylation is 2. The van der Waals surface area contributed by atoms with Crippen molar-refractivity contribution in [1.82, 2.24) is 15.1 Å². The maximum Gasteiger partial charge on any atom is 0.287 e. The van der Waals surface area contributed by atoms with Gasteiger partial charge >= 0.3 is 0 Å². The third-order valence-corrected chi connectivity index (χ3v) is 5.56. The lowest BCUT2D eigenvalue weighted by molar-refractivity contribution is 0.0924. The van der Waals surface area contributed by atoms with Crippen LogP contribution in [0.15, 0.2) is 52.9 Å². The van der Waals surface area contributed by atoms with Gasteiger partial charge in [-0.15, -0.1) is 0 Å². The summed E-state index contributed by atoms with van der Waals surface area (Å²) in [5.74, 6) is 0.861. The summed E-state index contributed by atoms with van der Waals surface area (Å²) in [4.78, 5) is 12.9. The Bertz CT molecular complexity index is 1220. The van der Waals surface area contributed by atoms with E-state index < -0.39 is 0 Å². The number of ether oxygens (including phenoxy) is 1. The summed E-state index contributed by atoms with van der Waals surface area (Å²) in [6, 6.07) is 15.8. The van der Waals surface area contributed by atoms with Crippen LogP contribution < -0.4 is 10.1 Å². The van der Waals surface area contributed by atoms with Gasteiger partial charge in [0, 0.05) is 28.8 Å². The summed E-state index contributed by atoms with van der Waals surface area (Å²) in [6.07, 6.45) is 0. The van der Waals surface area contributed by atoms with Crippen LogP contribution in [0.2, 0.25) is 0 Å². The molecule has 6 heteroatoms. The van der Waals surface area contributed by atoms with Crippen molar-refractivity contribution in [2.75, 3.05) is 6.61 Å². The molecule has 0 aliphatic carbocycles. The molecule has 6 nitrogen and oxygen atoms in total. The first-order chi connectivity index (χ1) is 15.0. The summed E-state index contributed by atoms with van der Waals surface area (Å²) < 4.78 is 13.4. The van der Waals surface area contributed by atoms with Gasteiger partial charge in [0.05, 0.1) is 18.8 Å². The molecule has 4 aromatic rings. The maximum absolute atomic E-state index is 12.9. The highest BCUT2D eigenvalue weighted by molar-refractivity contribution is 5.99. The normalized spacial score (nSPS) is 11.1. The van der Waals surface area contributed by atoms with Gasteiger partial charge in [0.2, 0.25) is 0 Å². The van der Waals surface area contributed by atoms with Crippen LogP contribution >= 0.6 is 0 Å². The molecule has 160 valence electrons. The molecular weight excluding hydrogens is 390 g/mol. The van der Waals surface area contributed by atoms with Gasteiger partial charge in [0.15, 0.2) is 5.76 Å². The zero-order valence-corrected chi connectivity index (χ0v) is 18.4. The predicted octanol–water partition coefficient (Wildman–Crippen LogP) is 4.93. The minimum atomic E-state index is -0.235. The standard InChI is InChI=1S/C25H27N3O3/c1-5-30-20-11-12-23-21(13-20)16(2)24(31-23)25(29)26-14-22-17(3)27-28(18(22)4)15-19-9-7-6-8-10-19/h6-13H,5,14-15H2,1-4H3,(H,26,29). The number of carbonyl (C=O) groups excluding carboxylic acids is 1. The van der Waals surface area contributed by atoms with Crippen LogP contribution in [-0.4, -0.2) is 22.3 Å². The highest BCUT2D eigenvalue weighted by Gasteiger charge is 2.19. The quantitative estimate of drug-likeness (QED) is 0.463. The van der Waals surface area contributed by atoms with Crippen LogP contribution in [-0.2, 0) is 13.1 Å². The van der Waals surface area contributed by atoms with E-state index in [1.165, 1.54) is 5.56 Å². The number of aromatic nitrogens is 2. The number of rotatable bonds is 7. The van der Waals surface area contributed by atoms with E-state index in [0.29, 0.717) is 31.0 Å². The molecule has 0 unspecified atom stereocenters. The first-order valence-corrected chi connectivity index (χ1v) is 10.5. The number of fused-ring (bicyclic) bond motifs is 1. The van der Waals surface area contributed by atoms with Crippen LogP contribution in [0.3, 0.4) is 0 Å². The Morgan fingerprint density at radius 3 is 2.65 bits per heavy atom.